The Morgan fingerprint density at radius 3 is 2.14 bits per heavy atom. The van der Waals surface area contributed by atoms with E-state index in [2.05, 4.69) is 10.6 Å². The van der Waals surface area contributed by atoms with Crippen LogP contribution in [0.15, 0.2) is 36.4 Å². The summed E-state index contributed by atoms with van der Waals surface area (Å²) in [7, 11) is 8.15. The van der Waals surface area contributed by atoms with Gasteiger partial charge in [0.25, 0.3) is 5.91 Å². The standard InChI is InChI=1S/C20H25N3O4S/c1-23(2)19(24)13-6-9-15(10-7-13)22-20(28)21-12-14-8-11-16(25-3)18(27-5)17(14)26-4/h6-11H,12H2,1-5H3,(H2,21,22,28). The Balaban J connectivity index is 2.02. The molecule has 0 fully saturated rings. The Kier molecular flexibility index (Phi) is 7.45. The minimum Gasteiger partial charge on any atom is -0.493 e. The van der Waals surface area contributed by atoms with E-state index in [4.69, 9.17) is 26.4 Å². The van der Waals surface area contributed by atoms with E-state index in [-0.39, 0.29) is 5.91 Å². The number of nitrogens with one attached hydrogen (secondary N) is 2. The molecule has 0 saturated carbocycles. The fourth-order valence-corrected chi connectivity index (χ4v) is 2.80. The summed E-state index contributed by atoms with van der Waals surface area (Å²) in [6.45, 7) is 0.437. The zero-order valence-electron chi connectivity index (χ0n) is 16.7. The second-order valence-corrected chi connectivity index (χ2v) is 6.49. The third-order valence-corrected chi connectivity index (χ3v) is 4.27. The van der Waals surface area contributed by atoms with Crippen LogP contribution in [0.4, 0.5) is 5.69 Å². The molecule has 0 bridgehead atoms. The van der Waals surface area contributed by atoms with E-state index in [0.717, 1.165) is 11.3 Å². The summed E-state index contributed by atoms with van der Waals surface area (Å²) in [6.07, 6.45) is 0. The highest BCUT2D eigenvalue weighted by Gasteiger charge is 2.16. The fourth-order valence-electron chi connectivity index (χ4n) is 2.61. The molecule has 0 heterocycles. The molecule has 2 rings (SSSR count). The Morgan fingerprint density at radius 2 is 1.61 bits per heavy atom. The SMILES string of the molecule is COc1ccc(CNC(=S)Nc2ccc(C(=O)N(C)C)cc2)c(OC)c1OC. The van der Waals surface area contributed by atoms with Gasteiger partial charge in [-0.15, -0.1) is 0 Å². The molecule has 1 amide bonds. The number of carbonyl (C=O) groups excluding carboxylic acids is 1. The molecule has 150 valence electrons. The quantitative estimate of drug-likeness (QED) is 0.689. The van der Waals surface area contributed by atoms with Gasteiger partial charge >= 0.3 is 0 Å². The molecule has 2 aromatic rings. The van der Waals surface area contributed by atoms with Gasteiger partial charge in [-0.1, -0.05) is 0 Å². The van der Waals surface area contributed by atoms with Crippen molar-refractivity contribution in [3.63, 3.8) is 0 Å². The molecule has 8 heteroatoms. The topological polar surface area (TPSA) is 72.1 Å². The molecule has 0 radical (unpaired) electrons. The zero-order valence-corrected chi connectivity index (χ0v) is 17.5. The summed E-state index contributed by atoms with van der Waals surface area (Å²) in [4.78, 5) is 13.5. The summed E-state index contributed by atoms with van der Waals surface area (Å²) < 4.78 is 16.2. The lowest BCUT2D eigenvalue weighted by atomic mass is 10.1. The van der Waals surface area contributed by atoms with Crippen LogP contribution < -0.4 is 24.8 Å². The van der Waals surface area contributed by atoms with Crippen molar-refractivity contribution in [3.8, 4) is 17.2 Å². The zero-order chi connectivity index (χ0) is 20.7. The number of nitrogens with zero attached hydrogens (tertiary/aromatic N) is 1. The Bertz CT molecular complexity index is 838. The predicted octanol–water partition coefficient (Wildman–Crippen LogP) is 2.90. The van der Waals surface area contributed by atoms with E-state index in [9.17, 15) is 4.79 Å². The van der Waals surface area contributed by atoms with Crippen molar-refractivity contribution in [1.29, 1.82) is 0 Å². The summed E-state index contributed by atoms with van der Waals surface area (Å²) >= 11 is 5.36. The highest BCUT2D eigenvalue weighted by molar-refractivity contribution is 7.80. The van der Waals surface area contributed by atoms with Gasteiger partial charge in [0.1, 0.15) is 0 Å². The third-order valence-electron chi connectivity index (χ3n) is 4.02. The molecule has 0 aliphatic rings. The van der Waals surface area contributed by atoms with Crippen molar-refractivity contribution in [2.24, 2.45) is 0 Å². The number of hydrogen-bond acceptors (Lipinski definition) is 5. The maximum atomic E-state index is 11.9. The van der Waals surface area contributed by atoms with Crippen molar-refractivity contribution in [2.45, 2.75) is 6.54 Å². The number of methoxy groups -OCH3 is 3. The third kappa shape index (κ3) is 5.04. The van der Waals surface area contributed by atoms with Gasteiger partial charge in [-0.3, -0.25) is 4.79 Å². The molecule has 0 atom stereocenters. The molecular weight excluding hydrogens is 378 g/mol. The molecule has 0 saturated heterocycles. The molecule has 0 aromatic heterocycles. The first kappa shape index (κ1) is 21.3. The van der Waals surface area contributed by atoms with Crippen molar-refractivity contribution < 1.29 is 19.0 Å². The largest absolute Gasteiger partial charge is 0.493 e. The monoisotopic (exact) mass is 403 g/mol. The number of ether oxygens (including phenoxy) is 3. The lowest BCUT2D eigenvalue weighted by Gasteiger charge is -2.17. The number of carbonyl (C=O) groups is 1. The van der Waals surface area contributed by atoms with Crippen LogP contribution in [-0.4, -0.2) is 51.3 Å². The second-order valence-electron chi connectivity index (χ2n) is 6.08. The van der Waals surface area contributed by atoms with Crippen LogP contribution in [0.5, 0.6) is 17.2 Å². The second kappa shape index (κ2) is 9.80. The fraction of sp³-hybridized carbons (Fsp3) is 0.300. The van der Waals surface area contributed by atoms with Gasteiger partial charge in [0.2, 0.25) is 5.75 Å². The predicted molar refractivity (Wildman–Crippen MR) is 114 cm³/mol. The maximum absolute atomic E-state index is 11.9. The minimum atomic E-state index is -0.0483. The number of hydrogen-bond donors (Lipinski definition) is 2. The summed E-state index contributed by atoms with van der Waals surface area (Å²) in [6, 6.07) is 10.8. The number of thiocarbonyl (C=S) groups is 1. The van der Waals surface area contributed by atoms with Crippen molar-refractivity contribution in [1.82, 2.24) is 10.2 Å². The van der Waals surface area contributed by atoms with Gasteiger partial charge in [0, 0.05) is 37.5 Å². The minimum absolute atomic E-state index is 0.0483. The summed E-state index contributed by atoms with van der Waals surface area (Å²) in [5.41, 5.74) is 2.27. The molecule has 0 aliphatic carbocycles. The van der Waals surface area contributed by atoms with Gasteiger partial charge in [-0.2, -0.15) is 0 Å². The molecular formula is C20H25N3O4S. The molecule has 0 spiro atoms. The van der Waals surface area contributed by atoms with Crippen LogP contribution in [0.2, 0.25) is 0 Å². The number of benzene rings is 2. The lowest BCUT2D eigenvalue weighted by molar-refractivity contribution is 0.0827. The van der Waals surface area contributed by atoms with E-state index < -0.39 is 0 Å². The van der Waals surface area contributed by atoms with Crippen LogP contribution in [-0.2, 0) is 6.54 Å². The van der Waals surface area contributed by atoms with E-state index in [1.807, 2.05) is 24.3 Å². The first-order valence-corrected chi connectivity index (χ1v) is 8.96. The normalized spacial score (nSPS) is 10.0. The van der Waals surface area contributed by atoms with Crippen LogP contribution in [0.25, 0.3) is 0 Å². The summed E-state index contributed by atoms with van der Waals surface area (Å²) in [5, 5.41) is 6.68. The number of anilines is 1. The van der Waals surface area contributed by atoms with E-state index in [1.54, 1.807) is 47.6 Å². The van der Waals surface area contributed by atoms with Gasteiger partial charge in [0.15, 0.2) is 16.6 Å². The molecule has 2 N–H and O–H groups in total. The molecule has 2 aromatic carbocycles. The Labute approximate surface area is 170 Å². The van der Waals surface area contributed by atoms with Crippen molar-refractivity contribution in [2.75, 3.05) is 40.7 Å². The van der Waals surface area contributed by atoms with Crippen molar-refractivity contribution in [3.05, 3.63) is 47.5 Å². The van der Waals surface area contributed by atoms with Crippen LogP contribution in [0.3, 0.4) is 0 Å². The van der Waals surface area contributed by atoms with E-state index in [0.29, 0.717) is 34.5 Å². The maximum Gasteiger partial charge on any atom is 0.253 e. The van der Waals surface area contributed by atoms with Crippen LogP contribution in [0, 0.1) is 0 Å². The Morgan fingerprint density at radius 1 is 0.964 bits per heavy atom. The molecule has 7 nitrogen and oxygen atoms in total. The number of rotatable bonds is 7. The smallest absolute Gasteiger partial charge is 0.253 e. The highest BCUT2D eigenvalue weighted by Crippen LogP contribution is 2.39. The van der Waals surface area contributed by atoms with E-state index >= 15 is 0 Å². The van der Waals surface area contributed by atoms with E-state index in [1.165, 1.54) is 4.90 Å². The first-order valence-electron chi connectivity index (χ1n) is 8.55. The average Bonchev–Trinajstić information content (AvgIpc) is 2.71. The summed E-state index contributed by atoms with van der Waals surface area (Å²) in [5.74, 6) is 1.66. The lowest BCUT2D eigenvalue weighted by Crippen LogP contribution is -2.28. The van der Waals surface area contributed by atoms with Crippen LogP contribution in [0.1, 0.15) is 15.9 Å². The molecule has 28 heavy (non-hydrogen) atoms. The van der Waals surface area contributed by atoms with Gasteiger partial charge in [0.05, 0.1) is 21.3 Å². The number of amides is 1. The Hall–Kier alpha value is -3.00. The highest BCUT2D eigenvalue weighted by atomic mass is 32.1. The van der Waals surface area contributed by atoms with Gasteiger partial charge < -0.3 is 29.7 Å². The van der Waals surface area contributed by atoms with Crippen LogP contribution >= 0.6 is 12.2 Å². The first-order chi connectivity index (χ1) is 13.4. The van der Waals surface area contributed by atoms with Gasteiger partial charge in [-0.05, 0) is 48.6 Å². The van der Waals surface area contributed by atoms with Gasteiger partial charge in [-0.25, -0.2) is 0 Å². The molecule has 0 aliphatic heterocycles. The average molecular weight is 404 g/mol. The molecule has 0 unspecified atom stereocenters. The van der Waals surface area contributed by atoms with Crippen molar-refractivity contribution >= 4 is 28.9 Å².